The summed E-state index contributed by atoms with van der Waals surface area (Å²) in [5, 5.41) is 0. The second-order valence-corrected chi connectivity index (χ2v) is 7.00. The number of halogens is 1. The summed E-state index contributed by atoms with van der Waals surface area (Å²) in [6, 6.07) is 5.19. The molecule has 0 saturated heterocycles. The number of dihydropyridines is 1. The highest BCUT2D eigenvalue weighted by atomic mass is 19.1. The molecule has 0 amide bonds. The van der Waals surface area contributed by atoms with Gasteiger partial charge in [-0.3, -0.25) is 4.99 Å². The van der Waals surface area contributed by atoms with Crippen LogP contribution in [-0.2, 0) is 4.74 Å². The fourth-order valence-electron chi connectivity index (χ4n) is 3.68. The fourth-order valence-corrected chi connectivity index (χ4v) is 3.68. The Balaban J connectivity index is 1.56. The summed E-state index contributed by atoms with van der Waals surface area (Å²) >= 11 is 0. The van der Waals surface area contributed by atoms with Crippen LogP contribution in [0.15, 0.2) is 41.7 Å². The van der Waals surface area contributed by atoms with Crippen LogP contribution in [0.25, 0.3) is 16.7 Å². The number of hydrogen-bond acceptors (Lipinski definition) is 5. The van der Waals surface area contributed by atoms with Gasteiger partial charge in [-0.15, -0.1) is 0 Å². The van der Waals surface area contributed by atoms with Crippen molar-refractivity contribution in [3.05, 3.63) is 48.0 Å². The van der Waals surface area contributed by atoms with Gasteiger partial charge in [0.05, 0.1) is 6.10 Å². The lowest BCUT2D eigenvalue weighted by molar-refractivity contribution is 0.00145. The van der Waals surface area contributed by atoms with E-state index in [1.54, 1.807) is 6.07 Å². The molecule has 2 heterocycles. The van der Waals surface area contributed by atoms with Crippen molar-refractivity contribution in [3.8, 4) is 11.1 Å². The number of rotatable bonds is 4. The predicted octanol–water partition coefficient (Wildman–Crippen LogP) is 4.40. The molecule has 0 bridgehead atoms. The van der Waals surface area contributed by atoms with Crippen molar-refractivity contribution in [3.63, 3.8) is 0 Å². The van der Waals surface area contributed by atoms with Crippen molar-refractivity contribution in [1.82, 2.24) is 9.97 Å². The van der Waals surface area contributed by atoms with E-state index < -0.39 is 0 Å². The third kappa shape index (κ3) is 4.06. The number of ether oxygens (including phenoxy) is 1. The van der Waals surface area contributed by atoms with E-state index in [4.69, 9.17) is 10.5 Å². The van der Waals surface area contributed by atoms with E-state index >= 15 is 0 Å². The van der Waals surface area contributed by atoms with Gasteiger partial charge in [-0.2, -0.15) is 0 Å². The van der Waals surface area contributed by atoms with Crippen LogP contribution in [-0.4, -0.2) is 28.5 Å². The molecule has 1 aliphatic heterocycles. The second kappa shape index (κ2) is 7.96. The third-order valence-electron chi connectivity index (χ3n) is 5.11. The molecule has 6 heteroatoms. The highest BCUT2D eigenvalue weighted by Gasteiger charge is 2.24. The molecule has 1 unspecified atom stereocenters. The number of benzene rings is 1. The predicted molar refractivity (Wildman–Crippen MR) is 105 cm³/mol. The van der Waals surface area contributed by atoms with E-state index in [1.165, 1.54) is 37.7 Å². The summed E-state index contributed by atoms with van der Waals surface area (Å²) in [4.78, 5) is 12.4. The topological polar surface area (TPSA) is 73.4 Å². The number of hydrogen-bond donors (Lipinski definition) is 1. The van der Waals surface area contributed by atoms with Gasteiger partial charge in [0.1, 0.15) is 5.82 Å². The Morgan fingerprint density at radius 2 is 1.81 bits per heavy atom. The summed E-state index contributed by atoms with van der Waals surface area (Å²) < 4.78 is 21.0. The van der Waals surface area contributed by atoms with E-state index in [-0.39, 0.29) is 24.1 Å². The van der Waals surface area contributed by atoms with Crippen LogP contribution in [0.4, 0.5) is 10.3 Å². The van der Waals surface area contributed by atoms with Crippen LogP contribution in [0.1, 0.15) is 44.1 Å². The first-order valence-electron chi connectivity index (χ1n) is 9.45. The molecule has 2 N–H and O–H groups in total. The molecular weight excluding hydrogens is 343 g/mol. The van der Waals surface area contributed by atoms with Crippen LogP contribution in [0.3, 0.4) is 0 Å². The molecule has 2 aromatic rings. The van der Waals surface area contributed by atoms with Crippen LogP contribution in [0.5, 0.6) is 0 Å². The average Bonchev–Trinajstić information content (AvgIpc) is 2.70. The van der Waals surface area contributed by atoms with Crippen molar-refractivity contribution in [2.75, 3.05) is 5.73 Å². The smallest absolute Gasteiger partial charge is 0.219 e. The Kier molecular flexibility index (Phi) is 5.25. The number of nitrogens with zero attached hydrogens (tertiary/aromatic N) is 3. The molecule has 0 spiro atoms. The normalized spacial score (nSPS) is 20.5. The molecule has 27 heavy (non-hydrogen) atoms. The molecule has 1 fully saturated rings. The third-order valence-corrected chi connectivity index (χ3v) is 5.11. The Labute approximate surface area is 158 Å². The van der Waals surface area contributed by atoms with Crippen LogP contribution < -0.4 is 5.73 Å². The molecule has 1 aromatic carbocycles. The number of allylic oxidation sites excluding steroid dienone is 1. The first-order chi connectivity index (χ1) is 13.2. The Hall–Kier alpha value is -2.60. The lowest BCUT2D eigenvalue weighted by Gasteiger charge is -2.28. The van der Waals surface area contributed by atoms with E-state index in [2.05, 4.69) is 21.0 Å². The van der Waals surface area contributed by atoms with Crippen LogP contribution in [0.2, 0.25) is 0 Å². The van der Waals surface area contributed by atoms with Crippen molar-refractivity contribution in [2.24, 2.45) is 4.99 Å². The maximum Gasteiger partial charge on any atom is 0.219 e. The van der Waals surface area contributed by atoms with Gasteiger partial charge >= 0.3 is 0 Å². The lowest BCUT2D eigenvalue weighted by atomic mass is 9.96. The summed E-state index contributed by atoms with van der Waals surface area (Å²) in [7, 11) is 0. The van der Waals surface area contributed by atoms with Gasteiger partial charge in [0.2, 0.25) is 5.95 Å². The average molecular weight is 366 g/mol. The van der Waals surface area contributed by atoms with Gasteiger partial charge < -0.3 is 10.5 Å². The number of aliphatic imine (C=N–C) groups is 1. The minimum absolute atomic E-state index is 0.170. The van der Waals surface area contributed by atoms with Gasteiger partial charge in [-0.05, 0) is 24.5 Å². The molecule has 1 aromatic heterocycles. The largest absolute Gasteiger partial charge is 0.368 e. The molecule has 0 radical (unpaired) electrons. The minimum Gasteiger partial charge on any atom is -0.368 e. The highest BCUT2D eigenvalue weighted by Crippen LogP contribution is 2.32. The molecular formula is C21H23FN4O. The monoisotopic (exact) mass is 366 g/mol. The van der Waals surface area contributed by atoms with Gasteiger partial charge in [0.15, 0.2) is 6.23 Å². The molecule has 1 atom stereocenters. The van der Waals surface area contributed by atoms with Gasteiger partial charge in [-0.25, -0.2) is 14.4 Å². The highest BCUT2D eigenvalue weighted by molar-refractivity contribution is 5.78. The Morgan fingerprint density at radius 3 is 2.56 bits per heavy atom. The van der Waals surface area contributed by atoms with Crippen molar-refractivity contribution in [2.45, 2.75) is 50.9 Å². The number of nitrogen functional groups attached to an aromatic ring is 1. The van der Waals surface area contributed by atoms with Crippen molar-refractivity contribution >= 4 is 17.7 Å². The minimum atomic E-state index is -0.355. The second-order valence-electron chi connectivity index (χ2n) is 7.00. The summed E-state index contributed by atoms with van der Waals surface area (Å²) in [5.41, 5.74) is 8.28. The molecule has 5 nitrogen and oxygen atoms in total. The maximum absolute atomic E-state index is 14.8. The van der Waals surface area contributed by atoms with Crippen molar-refractivity contribution < 1.29 is 9.13 Å². The summed E-state index contributed by atoms with van der Waals surface area (Å²) in [5.74, 6) is -0.156. The summed E-state index contributed by atoms with van der Waals surface area (Å²) in [6.45, 7) is 0. The number of nitrogens with two attached hydrogens (primary N) is 1. The number of aromatic nitrogens is 2. The Bertz CT molecular complexity index is 857. The Morgan fingerprint density at radius 1 is 1.04 bits per heavy atom. The fraction of sp³-hybridized carbons (Fsp3) is 0.381. The molecule has 2 aliphatic rings. The maximum atomic E-state index is 14.8. The molecule has 1 aliphatic carbocycles. The first kappa shape index (κ1) is 17.8. The molecule has 1 saturated carbocycles. The van der Waals surface area contributed by atoms with E-state index in [0.717, 1.165) is 30.4 Å². The molecule has 4 rings (SSSR count). The van der Waals surface area contributed by atoms with E-state index in [1.807, 2.05) is 12.3 Å². The van der Waals surface area contributed by atoms with Gasteiger partial charge in [-0.1, -0.05) is 37.5 Å². The first-order valence-corrected chi connectivity index (χ1v) is 9.45. The zero-order chi connectivity index (χ0) is 18.6. The molecule has 140 valence electrons. The van der Waals surface area contributed by atoms with E-state index in [9.17, 15) is 4.39 Å². The van der Waals surface area contributed by atoms with Crippen molar-refractivity contribution in [1.29, 1.82) is 0 Å². The summed E-state index contributed by atoms with van der Waals surface area (Å²) in [6.07, 6.45) is 13.4. The zero-order valence-corrected chi connectivity index (χ0v) is 15.1. The quantitative estimate of drug-likeness (QED) is 0.870. The van der Waals surface area contributed by atoms with Crippen LogP contribution >= 0.6 is 0 Å². The number of anilines is 1. The van der Waals surface area contributed by atoms with E-state index in [0.29, 0.717) is 11.1 Å². The lowest BCUT2D eigenvalue weighted by Crippen LogP contribution is -2.25. The van der Waals surface area contributed by atoms with Gasteiger partial charge in [0, 0.05) is 41.7 Å². The zero-order valence-electron chi connectivity index (χ0n) is 15.1. The SMILES string of the molecule is Nc1ncc(-c2ccc(C3=CCC=NC3OC3CCCCC3)cc2F)cn1. The van der Waals surface area contributed by atoms with Crippen LogP contribution in [0, 0.1) is 5.82 Å². The standard InChI is InChI=1S/C21H23FN4O/c22-19-11-14(8-9-17(19)15-12-25-21(23)26-13-15)18-7-4-10-24-20(18)27-16-5-2-1-3-6-16/h7-13,16,20H,1-6H2,(H2,23,25,26). The van der Waals surface area contributed by atoms with Gasteiger partial charge in [0.25, 0.3) is 0 Å².